The summed E-state index contributed by atoms with van der Waals surface area (Å²) in [5.41, 5.74) is 15.9. The lowest BCUT2D eigenvalue weighted by atomic mass is 9.92. The number of nitrogen functional groups attached to an aromatic ring is 1. The van der Waals surface area contributed by atoms with Gasteiger partial charge in [-0.2, -0.15) is 0 Å². The number of rotatable bonds is 9. The average molecular weight is 476 g/mol. The molecule has 1 saturated carbocycles. The van der Waals surface area contributed by atoms with Crippen LogP contribution >= 0.6 is 0 Å². The quantitative estimate of drug-likeness (QED) is 0.414. The van der Waals surface area contributed by atoms with E-state index in [0.29, 0.717) is 35.9 Å². The van der Waals surface area contributed by atoms with E-state index in [-0.39, 0.29) is 31.4 Å². The van der Waals surface area contributed by atoms with Gasteiger partial charge in [-0.15, -0.1) is 0 Å². The molecule has 0 aromatic heterocycles. The van der Waals surface area contributed by atoms with Crippen LogP contribution < -0.4 is 16.8 Å². The molecule has 184 valence electrons. The van der Waals surface area contributed by atoms with Crippen LogP contribution in [0.25, 0.3) is 6.08 Å². The maximum absolute atomic E-state index is 13.1. The highest BCUT2D eigenvalue weighted by molar-refractivity contribution is 6.05. The van der Waals surface area contributed by atoms with Crippen molar-refractivity contribution in [1.29, 1.82) is 0 Å². The molecule has 0 radical (unpaired) electrons. The van der Waals surface area contributed by atoms with Crippen LogP contribution in [-0.4, -0.2) is 47.4 Å². The monoisotopic (exact) mass is 475 g/mol. The molecule has 2 aliphatic rings. The fourth-order valence-electron chi connectivity index (χ4n) is 4.49. The zero-order valence-electron chi connectivity index (χ0n) is 20.1. The molecule has 35 heavy (non-hydrogen) atoms. The number of carbonyl (C=O) groups is 2. The number of aliphatic hydroxyl groups excluding tert-OH is 1. The van der Waals surface area contributed by atoms with Crippen LogP contribution in [0.3, 0.4) is 0 Å². The molecule has 8 nitrogen and oxygen atoms in total. The number of nitrogens with zero attached hydrogens (tertiary/aromatic N) is 2. The topological polar surface area (TPSA) is 134 Å². The van der Waals surface area contributed by atoms with Gasteiger partial charge in [-0.3, -0.25) is 9.59 Å². The lowest BCUT2D eigenvalue weighted by molar-refractivity contribution is -0.127. The third-order valence-electron chi connectivity index (χ3n) is 6.59. The van der Waals surface area contributed by atoms with Crippen LogP contribution in [0.2, 0.25) is 0 Å². The number of hydrogen-bond donors (Lipinski definition) is 4. The Labute approximate surface area is 205 Å². The molecule has 0 saturated heterocycles. The summed E-state index contributed by atoms with van der Waals surface area (Å²) in [6.07, 6.45) is 4.40. The maximum Gasteiger partial charge on any atom is 0.250 e. The second-order valence-electron chi connectivity index (χ2n) is 9.25. The first kappa shape index (κ1) is 24.5. The van der Waals surface area contributed by atoms with Crippen LogP contribution in [-0.2, 0) is 21.5 Å². The number of nitrogens with two attached hydrogens (primary N) is 2. The van der Waals surface area contributed by atoms with E-state index in [2.05, 4.69) is 10.3 Å². The molecular weight excluding hydrogens is 442 g/mol. The Morgan fingerprint density at radius 1 is 1.11 bits per heavy atom. The Balaban J connectivity index is 1.55. The number of fused-ring (bicyclic) bond motifs is 1. The molecule has 2 aromatic carbocycles. The first-order valence-corrected chi connectivity index (χ1v) is 12.1. The van der Waals surface area contributed by atoms with Gasteiger partial charge in [0.25, 0.3) is 0 Å². The summed E-state index contributed by atoms with van der Waals surface area (Å²) in [6.45, 7) is 3.18. The second kappa shape index (κ2) is 10.3. The van der Waals surface area contributed by atoms with Crippen molar-refractivity contribution >= 4 is 35.1 Å². The van der Waals surface area contributed by atoms with Crippen LogP contribution in [0.5, 0.6) is 0 Å². The van der Waals surface area contributed by atoms with Gasteiger partial charge in [-0.1, -0.05) is 31.2 Å². The van der Waals surface area contributed by atoms with Crippen LogP contribution in [0, 0.1) is 0 Å². The molecule has 1 aliphatic carbocycles. The predicted molar refractivity (Wildman–Crippen MR) is 138 cm³/mol. The summed E-state index contributed by atoms with van der Waals surface area (Å²) in [4.78, 5) is 32.4. The van der Waals surface area contributed by atoms with E-state index < -0.39 is 5.41 Å². The highest BCUT2D eigenvalue weighted by Gasteiger charge is 2.51. The molecule has 0 bridgehead atoms. The number of benzene rings is 2. The van der Waals surface area contributed by atoms with Crippen molar-refractivity contribution in [2.75, 3.05) is 25.4 Å². The number of hydrogen-bond acceptors (Lipinski definition) is 6. The third kappa shape index (κ3) is 5.38. The molecule has 0 unspecified atom stereocenters. The highest BCUT2D eigenvalue weighted by atomic mass is 16.3. The van der Waals surface area contributed by atoms with E-state index in [1.54, 1.807) is 4.90 Å². The number of amidine groups is 1. The lowest BCUT2D eigenvalue weighted by Gasteiger charge is -2.22. The van der Waals surface area contributed by atoms with Gasteiger partial charge in [0.2, 0.25) is 11.8 Å². The van der Waals surface area contributed by atoms with Crippen molar-refractivity contribution in [2.45, 2.75) is 44.6 Å². The molecule has 1 fully saturated rings. The molecule has 0 spiro atoms. The molecule has 1 heterocycles. The minimum Gasteiger partial charge on any atom is -0.399 e. The molecule has 0 atom stereocenters. The molecule has 1 aliphatic heterocycles. The summed E-state index contributed by atoms with van der Waals surface area (Å²) < 4.78 is 0. The van der Waals surface area contributed by atoms with Gasteiger partial charge >= 0.3 is 0 Å². The van der Waals surface area contributed by atoms with E-state index in [0.717, 1.165) is 36.0 Å². The van der Waals surface area contributed by atoms with Crippen LogP contribution in [0.15, 0.2) is 53.0 Å². The predicted octanol–water partition coefficient (Wildman–Crippen LogP) is 2.62. The Morgan fingerprint density at radius 2 is 1.86 bits per heavy atom. The molecule has 2 amide bonds. The molecule has 8 heteroatoms. The average Bonchev–Trinajstić information content (AvgIpc) is 3.67. The van der Waals surface area contributed by atoms with Gasteiger partial charge in [0, 0.05) is 42.9 Å². The van der Waals surface area contributed by atoms with Crippen molar-refractivity contribution in [3.8, 4) is 0 Å². The summed E-state index contributed by atoms with van der Waals surface area (Å²) in [7, 11) is 0. The lowest BCUT2D eigenvalue weighted by Crippen LogP contribution is -2.36. The Kier molecular flexibility index (Phi) is 7.21. The summed E-state index contributed by atoms with van der Waals surface area (Å²) in [6, 6.07) is 13.2. The van der Waals surface area contributed by atoms with Gasteiger partial charge in [0.05, 0.1) is 17.7 Å². The van der Waals surface area contributed by atoms with E-state index in [1.165, 1.54) is 0 Å². The Bertz CT molecular complexity index is 1160. The zero-order chi connectivity index (χ0) is 25.0. The smallest absolute Gasteiger partial charge is 0.250 e. The molecule has 2 aromatic rings. The van der Waals surface area contributed by atoms with Crippen molar-refractivity contribution in [3.63, 3.8) is 0 Å². The SMILES string of the molecule is CCCN(CCO)C(=O)C1=Cc2ccc(C3(C(=O)NCc4ccc(N)cc4)CC3)cc2N=C(N)C1. The Hall–Kier alpha value is -3.65. The second-order valence-corrected chi connectivity index (χ2v) is 9.25. The van der Waals surface area contributed by atoms with Crippen LogP contribution in [0.1, 0.15) is 49.3 Å². The zero-order valence-corrected chi connectivity index (χ0v) is 20.1. The van der Waals surface area contributed by atoms with Crippen molar-refractivity contribution < 1.29 is 14.7 Å². The fraction of sp³-hybridized carbons (Fsp3) is 0.370. The number of carbonyl (C=O) groups excluding carboxylic acids is 2. The molecular formula is C27H33N5O3. The normalized spacial score (nSPS) is 15.8. The van der Waals surface area contributed by atoms with E-state index in [4.69, 9.17) is 11.5 Å². The van der Waals surface area contributed by atoms with E-state index in [9.17, 15) is 14.7 Å². The van der Waals surface area contributed by atoms with Crippen LogP contribution in [0.4, 0.5) is 11.4 Å². The number of aliphatic imine (C=N–C) groups is 1. The first-order valence-electron chi connectivity index (χ1n) is 12.1. The summed E-state index contributed by atoms with van der Waals surface area (Å²) >= 11 is 0. The summed E-state index contributed by atoms with van der Waals surface area (Å²) in [5.74, 6) is 0.195. The Morgan fingerprint density at radius 3 is 2.51 bits per heavy atom. The van der Waals surface area contributed by atoms with Crippen molar-refractivity contribution in [1.82, 2.24) is 10.2 Å². The standard InChI is InChI=1S/C27H33N5O3/c1-2-11-32(12-13-33)25(34)20-14-19-5-6-21(16-23(19)31-24(29)15-20)27(9-10-27)26(35)30-17-18-3-7-22(28)8-4-18/h3-8,14,16,33H,2,9-13,15,17,28H2,1H3,(H2,29,31)(H,30,35). The largest absolute Gasteiger partial charge is 0.399 e. The van der Waals surface area contributed by atoms with E-state index >= 15 is 0 Å². The van der Waals surface area contributed by atoms with Crippen molar-refractivity contribution in [3.05, 3.63) is 64.7 Å². The van der Waals surface area contributed by atoms with Gasteiger partial charge in [0.1, 0.15) is 5.84 Å². The van der Waals surface area contributed by atoms with Gasteiger partial charge in [-0.25, -0.2) is 4.99 Å². The fourth-order valence-corrected chi connectivity index (χ4v) is 4.49. The molecule has 6 N–H and O–H groups in total. The summed E-state index contributed by atoms with van der Waals surface area (Å²) in [5, 5.41) is 12.4. The highest BCUT2D eigenvalue weighted by Crippen LogP contribution is 2.49. The minimum absolute atomic E-state index is 0.00883. The van der Waals surface area contributed by atoms with E-state index in [1.807, 2.05) is 55.5 Å². The maximum atomic E-state index is 13.1. The number of amides is 2. The molecule has 4 rings (SSSR count). The van der Waals surface area contributed by atoms with Gasteiger partial charge in [0.15, 0.2) is 0 Å². The van der Waals surface area contributed by atoms with Gasteiger partial charge < -0.3 is 26.8 Å². The van der Waals surface area contributed by atoms with Gasteiger partial charge in [-0.05, 0) is 54.7 Å². The number of aliphatic hydroxyl groups is 1. The van der Waals surface area contributed by atoms with Crippen molar-refractivity contribution in [2.24, 2.45) is 10.7 Å². The number of nitrogens with one attached hydrogen (secondary N) is 1. The number of anilines is 1. The first-order chi connectivity index (χ1) is 16.9. The third-order valence-corrected chi connectivity index (χ3v) is 6.59. The minimum atomic E-state index is -0.569.